The van der Waals surface area contributed by atoms with E-state index in [2.05, 4.69) is 20.5 Å². The molecule has 22 heavy (non-hydrogen) atoms. The Morgan fingerprint density at radius 1 is 1.23 bits per heavy atom. The Labute approximate surface area is 127 Å². The number of hydrogen-bond acceptors (Lipinski definition) is 4. The van der Waals surface area contributed by atoms with Crippen molar-refractivity contribution in [3.63, 3.8) is 0 Å². The minimum absolute atomic E-state index is 0.174. The van der Waals surface area contributed by atoms with Gasteiger partial charge in [0, 0.05) is 18.0 Å². The lowest BCUT2D eigenvalue weighted by Gasteiger charge is -2.04. The summed E-state index contributed by atoms with van der Waals surface area (Å²) in [7, 11) is 0. The number of pyridine rings is 1. The highest BCUT2D eigenvalue weighted by atomic mass is 16.2. The number of carbonyl (C=O) groups excluding carboxylic acids is 1. The molecule has 6 heteroatoms. The SMILES string of the molecule is C/C(=N\NC(=O)Cn1cnc2ccccc21)c1ccncc1. The van der Waals surface area contributed by atoms with Gasteiger partial charge in [0.25, 0.3) is 5.91 Å². The highest BCUT2D eigenvalue weighted by Gasteiger charge is 2.06. The van der Waals surface area contributed by atoms with Crippen LogP contribution in [0.5, 0.6) is 0 Å². The molecule has 2 heterocycles. The van der Waals surface area contributed by atoms with Crippen LogP contribution in [0, 0.1) is 0 Å². The molecule has 0 unspecified atom stereocenters. The minimum atomic E-state index is -0.198. The van der Waals surface area contributed by atoms with E-state index in [1.54, 1.807) is 23.3 Å². The van der Waals surface area contributed by atoms with E-state index in [-0.39, 0.29) is 12.5 Å². The number of carbonyl (C=O) groups is 1. The predicted octanol–water partition coefficient (Wildman–Crippen LogP) is 1.97. The Morgan fingerprint density at radius 2 is 2.00 bits per heavy atom. The zero-order chi connectivity index (χ0) is 15.4. The van der Waals surface area contributed by atoms with Crippen LogP contribution in [-0.4, -0.2) is 26.2 Å². The van der Waals surface area contributed by atoms with Gasteiger partial charge < -0.3 is 4.57 Å². The van der Waals surface area contributed by atoms with Crippen LogP contribution in [0.3, 0.4) is 0 Å². The Bertz CT molecular complexity index is 823. The van der Waals surface area contributed by atoms with Gasteiger partial charge in [-0.1, -0.05) is 12.1 Å². The summed E-state index contributed by atoms with van der Waals surface area (Å²) in [6.45, 7) is 2.01. The lowest BCUT2D eigenvalue weighted by molar-refractivity contribution is -0.121. The summed E-state index contributed by atoms with van der Waals surface area (Å²) in [5, 5.41) is 4.11. The molecule has 0 spiro atoms. The number of hydrogen-bond donors (Lipinski definition) is 1. The fourth-order valence-corrected chi connectivity index (χ4v) is 2.13. The van der Waals surface area contributed by atoms with E-state index in [1.807, 2.05) is 43.3 Å². The Morgan fingerprint density at radius 3 is 2.82 bits per heavy atom. The van der Waals surface area contributed by atoms with Gasteiger partial charge in [0.05, 0.1) is 23.1 Å². The highest BCUT2D eigenvalue weighted by Crippen LogP contribution is 2.11. The van der Waals surface area contributed by atoms with E-state index >= 15 is 0 Å². The molecule has 0 radical (unpaired) electrons. The predicted molar refractivity (Wildman–Crippen MR) is 84.3 cm³/mol. The maximum atomic E-state index is 12.0. The second-order valence-corrected chi connectivity index (χ2v) is 4.83. The van der Waals surface area contributed by atoms with E-state index < -0.39 is 0 Å². The van der Waals surface area contributed by atoms with Crippen LogP contribution >= 0.6 is 0 Å². The number of benzene rings is 1. The highest BCUT2D eigenvalue weighted by molar-refractivity contribution is 5.99. The van der Waals surface area contributed by atoms with E-state index in [1.165, 1.54) is 0 Å². The summed E-state index contributed by atoms with van der Waals surface area (Å²) in [4.78, 5) is 20.2. The summed E-state index contributed by atoms with van der Waals surface area (Å²) in [6.07, 6.45) is 5.03. The Balaban J connectivity index is 1.68. The average Bonchev–Trinajstić information content (AvgIpc) is 2.97. The van der Waals surface area contributed by atoms with Crippen molar-refractivity contribution >= 4 is 22.7 Å². The van der Waals surface area contributed by atoms with Crippen LogP contribution in [-0.2, 0) is 11.3 Å². The molecule has 0 aliphatic carbocycles. The van der Waals surface area contributed by atoms with Crippen molar-refractivity contribution in [3.8, 4) is 0 Å². The van der Waals surface area contributed by atoms with Gasteiger partial charge in [-0.3, -0.25) is 9.78 Å². The molecule has 1 N–H and O–H groups in total. The first-order valence-corrected chi connectivity index (χ1v) is 6.87. The number of hydrazone groups is 1. The molecule has 1 aromatic carbocycles. The first-order chi connectivity index (χ1) is 10.7. The molecule has 110 valence electrons. The van der Waals surface area contributed by atoms with Crippen molar-refractivity contribution < 1.29 is 4.79 Å². The van der Waals surface area contributed by atoms with Gasteiger partial charge >= 0.3 is 0 Å². The molecule has 0 bridgehead atoms. The monoisotopic (exact) mass is 293 g/mol. The zero-order valence-corrected chi connectivity index (χ0v) is 12.1. The first-order valence-electron chi connectivity index (χ1n) is 6.87. The second kappa shape index (κ2) is 6.17. The molecular weight excluding hydrogens is 278 g/mol. The summed E-state index contributed by atoms with van der Waals surface area (Å²) < 4.78 is 1.79. The number of amides is 1. The molecule has 0 atom stereocenters. The summed E-state index contributed by atoms with van der Waals surface area (Å²) >= 11 is 0. The summed E-state index contributed by atoms with van der Waals surface area (Å²) in [5.74, 6) is -0.198. The third-order valence-electron chi connectivity index (χ3n) is 3.29. The topological polar surface area (TPSA) is 72.2 Å². The van der Waals surface area contributed by atoms with Gasteiger partial charge in [-0.25, -0.2) is 10.4 Å². The largest absolute Gasteiger partial charge is 0.321 e. The zero-order valence-electron chi connectivity index (χ0n) is 12.1. The minimum Gasteiger partial charge on any atom is -0.321 e. The molecule has 2 aromatic heterocycles. The van der Waals surface area contributed by atoms with E-state index in [9.17, 15) is 4.79 Å². The van der Waals surface area contributed by atoms with Crippen molar-refractivity contribution in [3.05, 3.63) is 60.7 Å². The Kier molecular flexibility index (Phi) is 3.91. The lowest BCUT2D eigenvalue weighted by atomic mass is 10.2. The van der Waals surface area contributed by atoms with E-state index in [0.29, 0.717) is 0 Å². The maximum Gasteiger partial charge on any atom is 0.260 e. The molecule has 0 saturated heterocycles. The molecule has 3 aromatic rings. The van der Waals surface area contributed by atoms with Crippen LogP contribution in [0.15, 0.2) is 60.2 Å². The number of rotatable bonds is 4. The fourth-order valence-electron chi connectivity index (χ4n) is 2.13. The second-order valence-electron chi connectivity index (χ2n) is 4.83. The number of fused-ring (bicyclic) bond motifs is 1. The standard InChI is InChI=1S/C16H15N5O/c1-12(13-6-8-17-9-7-13)19-20-16(22)10-21-11-18-14-4-2-3-5-15(14)21/h2-9,11H,10H2,1H3,(H,20,22)/b19-12+. The quantitative estimate of drug-likeness (QED) is 0.590. The fraction of sp³-hybridized carbons (Fsp3) is 0.125. The molecule has 3 rings (SSSR count). The van der Waals surface area contributed by atoms with Crippen molar-refractivity contribution in [1.82, 2.24) is 20.0 Å². The summed E-state index contributed by atoms with van der Waals surface area (Å²) in [6, 6.07) is 11.4. The van der Waals surface area contributed by atoms with Gasteiger partial charge in [0.2, 0.25) is 0 Å². The molecule has 0 fully saturated rings. The third kappa shape index (κ3) is 3.01. The number of nitrogens with zero attached hydrogens (tertiary/aromatic N) is 4. The van der Waals surface area contributed by atoms with Crippen LogP contribution < -0.4 is 5.43 Å². The van der Waals surface area contributed by atoms with Crippen molar-refractivity contribution in [2.75, 3.05) is 0 Å². The number of aromatic nitrogens is 3. The normalized spacial score (nSPS) is 11.6. The van der Waals surface area contributed by atoms with Crippen molar-refractivity contribution in [1.29, 1.82) is 0 Å². The number of nitrogens with one attached hydrogen (secondary N) is 1. The summed E-state index contributed by atoms with van der Waals surface area (Å²) in [5.41, 5.74) is 6.00. The molecule has 6 nitrogen and oxygen atoms in total. The van der Waals surface area contributed by atoms with Crippen LogP contribution in [0.1, 0.15) is 12.5 Å². The molecule has 0 aliphatic rings. The van der Waals surface area contributed by atoms with Gasteiger partial charge in [-0.05, 0) is 31.2 Å². The third-order valence-corrected chi connectivity index (χ3v) is 3.29. The molecular formula is C16H15N5O. The van der Waals surface area contributed by atoms with Crippen LogP contribution in [0.25, 0.3) is 11.0 Å². The van der Waals surface area contributed by atoms with Crippen molar-refractivity contribution in [2.24, 2.45) is 5.10 Å². The van der Waals surface area contributed by atoms with E-state index in [4.69, 9.17) is 0 Å². The average molecular weight is 293 g/mol. The molecule has 1 amide bonds. The maximum absolute atomic E-state index is 12.0. The number of imidazole rings is 1. The van der Waals surface area contributed by atoms with Crippen LogP contribution in [0.2, 0.25) is 0 Å². The Hall–Kier alpha value is -3.02. The van der Waals surface area contributed by atoms with Crippen molar-refractivity contribution in [2.45, 2.75) is 13.5 Å². The lowest BCUT2D eigenvalue weighted by Crippen LogP contribution is -2.24. The van der Waals surface area contributed by atoms with Gasteiger partial charge in [-0.15, -0.1) is 0 Å². The van der Waals surface area contributed by atoms with Gasteiger partial charge in [-0.2, -0.15) is 5.10 Å². The smallest absolute Gasteiger partial charge is 0.260 e. The van der Waals surface area contributed by atoms with Gasteiger partial charge in [0.1, 0.15) is 6.54 Å². The molecule has 0 saturated carbocycles. The van der Waals surface area contributed by atoms with E-state index in [0.717, 1.165) is 22.3 Å². The van der Waals surface area contributed by atoms with Crippen LogP contribution in [0.4, 0.5) is 0 Å². The van der Waals surface area contributed by atoms with Gasteiger partial charge in [0.15, 0.2) is 0 Å². The number of para-hydroxylation sites is 2. The molecule has 0 aliphatic heterocycles. The first kappa shape index (κ1) is 13.9.